The first-order valence-corrected chi connectivity index (χ1v) is 8.51. The zero-order chi connectivity index (χ0) is 15.5. The monoisotopic (exact) mass is 295 g/mol. The molecule has 2 saturated carbocycles. The Kier molecular flexibility index (Phi) is 2.85. The summed E-state index contributed by atoms with van der Waals surface area (Å²) in [5, 5.41) is 0. The van der Waals surface area contributed by atoms with E-state index in [1.54, 1.807) is 0 Å². The molecule has 0 unspecified atom stereocenters. The molecule has 2 bridgehead atoms. The van der Waals surface area contributed by atoms with Crippen molar-refractivity contribution in [2.24, 2.45) is 16.7 Å². The van der Waals surface area contributed by atoms with Crippen LogP contribution in [-0.2, 0) is 17.8 Å². The number of carbonyl (C=O) groups is 1. The smallest absolute Gasteiger partial charge is 0.233 e. The van der Waals surface area contributed by atoms with Crippen molar-refractivity contribution in [2.45, 2.75) is 46.1 Å². The Hall–Kier alpha value is -1.57. The molecule has 3 aliphatic rings. The molecule has 1 aromatic rings. The van der Waals surface area contributed by atoms with E-state index in [0.717, 1.165) is 32.4 Å². The Morgan fingerprint density at radius 2 is 2.00 bits per heavy atom. The first kappa shape index (κ1) is 14.0. The highest BCUT2D eigenvalue weighted by molar-refractivity contribution is 5.88. The van der Waals surface area contributed by atoms with Crippen LogP contribution in [0, 0.1) is 16.7 Å². The molecule has 1 heterocycles. The quantitative estimate of drug-likeness (QED) is 0.718. The zero-order valence-corrected chi connectivity index (χ0v) is 13.7. The second-order valence-corrected chi connectivity index (χ2v) is 7.97. The minimum Gasteiger partial charge on any atom is -0.337 e. The molecular formula is C20H25NO. The highest BCUT2D eigenvalue weighted by atomic mass is 16.2. The number of nitrogens with zero attached hydrogens (tertiary/aromatic N) is 1. The van der Waals surface area contributed by atoms with E-state index in [9.17, 15) is 4.79 Å². The zero-order valence-electron chi connectivity index (χ0n) is 13.7. The average molecular weight is 295 g/mol. The van der Waals surface area contributed by atoms with Crippen molar-refractivity contribution in [2.75, 3.05) is 6.54 Å². The Balaban J connectivity index is 1.63. The van der Waals surface area contributed by atoms with Crippen LogP contribution in [0.25, 0.3) is 0 Å². The van der Waals surface area contributed by atoms with Gasteiger partial charge in [0.15, 0.2) is 0 Å². The van der Waals surface area contributed by atoms with E-state index >= 15 is 0 Å². The van der Waals surface area contributed by atoms with Gasteiger partial charge in [0.1, 0.15) is 0 Å². The van der Waals surface area contributed by atoms with Gasteiger partial charge in [-0.05, 0) is 48.1 Å². The Labute approximate surface area is 133 Å². The SMILES string of the molecule is C=C1C(C)(C)[C@H]2CC[C@]1(C(=O)N1CCc3ccccc3C1)C2. The minimum absolute atomic E-state index is 0.127. The molecule has 0 N–H and O–H groups in total. The summed E-state index contributed by atoms with van der Waals surface area (Å²) in [6, 6.07) is 8.53. The van der Waals surface area contributed by atoms with Crippen LogP contribution in [0.4, 0.5) is 0 Å². The highest BCUT2D eigenvalue weighted by Crippen LogP contribution is 2.66. The van der Waals surface area contributed by atoms with Crippen LogP contribution in [0.1, 0.15) is 44.2 Å². The van der Waals surface area contributed by atoms with Crippen LogP contribution in [0.15, 0.2) is 36.4 Å². The van der Waals surface area contributed by atoms with Gasteiger partial charge in [-0.25, -0.2) is 0 Å². The van der Waals surface area contributed by atoms with Gasteiger partial charge in [0.05, 0.1) is 5.41 Å². The van der Waals surface area contributed by atoms with Gasteiger partial charge in [0, 0.05) is 13.1 Å². The molecule has 2 nitrogen and oxygen atoms in total. The lowest BCUT2D eigenvalue weighted by molar-refractivity contribution is -0.140. The molecule has 2 atom stereocenters. The van der Waals surface area contributed by atoms with Crippen LogP contribution in [-0.4, -0.2) is 17.4 Å². The summed E-state index contributed by atoms with van der Waals surface area (Å²) in [4.78, 5) is 15.4. The molecule has 2 fully saturated rings. The van der Waals surface area contributed by atoms with Crippen molar-refractivity contribution in [1.29, 1.82) is 0 Å². The van der Waals surface area contributed by atoms with Gasteiger partial charge in [-0.2, -0.15) is 0 Å². The minimum atomic E-state index is -0.263. The molecule has 0 spiro atoms. The number of rotatable bonds is 1. The maximum Gasteiger partial charge on any atom is 0.233 e. The average Bonchev–Trinajstić information content (AvgIpc) is 3.06. The maximum atomic E-state index is 13.4. The third kappa shape index (κ3) is 1.70. The van der Waals surface area contributed by atoms with Crippen LogP contribution >= 0.6 is 0 Å². The van der Waals surface area contributed by atoms with Crippen LogP contribution in [0.5, 0.6) is 0 Å². The van der Waals surface area contributed by atoms with Gasteiger partial charge < -0.3 is 4.90 Å². The predicted molar refractivity (Wildman–Crippen MR) is 88.3 cm³/mol. The van der Waals surface area contributed by atoms with E-state index in [4.69, 9.17) is 0 Å². The van der Waals surface area contributed by atoms with E-state index < -0.39 is 0 Å². The first-order valence-electron chi connectivity index (χ1n) is 8.51. The van der Waals surface area contributed by atoms with Crippen LogP contribution in [0.3, 0.4) is 0 Å². The van der Waals surface area contributed by atoms with E-state index in [2.05, 4.69) is 49.6 Å². The molecule has 1 amide bonds. The highest BCUT2D eigenvalue weighted by Gasteiger charge is 2.61. The van der Waals surface area contributed by atoms with Gasteiger partial charge in [-0.15, -0.1) is 0 Å². The Morgan fingerprint density at radius 1 is 1.27 bits per heavy atom. The van der Waals surface area contributed by atoms with Crippen molar-refractivity contribution in [3.63, 3.8) is 0 Å². The summed E-state index contributed by atoms with van der Waals surface area (Å²) in [5.41, 5.74) is 3.78. The maximum absolute atomic E-state index is 13.4. The van der Waals surface area contributed by atoms with Gasteiger partial charge in [-0.3, -0.25) is 4.79 Å². The van der Waals surface area contributed by atoms with Crippen molar-refractivity contribution < 1.29 is 4.79 Å². The normalized spacial score (nSPS) is 32.2. The summed E-state index contributed by atoms with van der Waals surface area (Å²) in [7, 11) is 0. The van der Waals surface area contributed by atoms with E-state index in [0.29, 0.717) is 11.8 Å². The van der Waals surface area contributed by atoms with Crippen molar-refractivity contribution in [3.05, 3.63) is 47.5 Å². The molecule has 0 radical (unpaired) electrons. The van der Waals surface area contributed by atoms with E-state index in [1.807, 2.05) is 0 Å². The largest absolute Gasteiger partial charge is 0.337 e. The van der Waals surface area contributed by atoms with Gasteiger partial charge in [-0.1, -0.05) is 50.3 Å². The van der Waals surface area contributed by atoms with Crippen LogP contribution in [0.2, 0.25) is 0 Å². The van der Waals surface area contributed by atoms with E-state index in [-0.39, 0.29) is 10.8 Å². The van der Waals surface area contributed by atoms with Crippen molar-refractivity contribution >= 4 is 5.91 Å². The van der Waals surface area contributed by atoms with Gasteiger partial charge in [0.2, 0.25) is 5.91 Å². The second-order valence-electron chi connectivity index (χ2n) is 7.97. The molecule has 22 heavy (non-hydrogen) atoms. The Morgan fingerprint density at radius 3 is 2.68 bits per heavy atom. The fourth-order valence-corrected chi connectivity index (χ4v) is 5.09. The number of fused-ring (bicyclic) bond motifs is 3. The molecule has 116 valence electrons. The fourth-order valence-electron chi connectivity index (χ4n) is 5.09. The third-order valence-corrected chi connectivity index (χ3v) is 6.72. The topological polar surface area (TPSA) is 20.3 Å². The van der Waals surface area contributed by atoms with Crippen molar-refractivity contribution in [1.82, 2.24) is 4.90 Å². The lowest BCUT2D eigenvalue weighted by Gasteiger charge is -2.41. The molecule has 1 aromatic carbocycles. The lowest BCUT2D eigenvalue weighted by atomic mass is 9.68. The fraction of sp³-hybridized carbons (Fsp3) is 0.550. The van der Waals surface area contributed by atoms with Crippen molar-refractivity contribution in [3.8, 4) is 0 Å². The third-order valence-electron chi connectivity index (χ3n) is 6.72. The molecule has 2 aliphatic carbocycles. The molecule has 0 aromatic heterocycles. The summed E-state index contributed by atoms with van der Waals surface area (Å²) in [6.45, 7) is 10.6. The number of carbonyl (C=O) groups excluding carboxylic acids is 1. The lowest BCUT2D eigenvalue weighted by Crippen LogP contribution is -2.46. The molecule has 0 saturated heterocycles. The van der Waals surface area contributed by atoms with E-state index in [1.165, 1.54) is 23.1 Å². The molecule has 1 aliphatic heterocycles. The van der Waals surface area contributed by atoms with Crippen LogP contribution < -0.4 is 0 Å². The molecule has 2 heteroatoms. The van der Waals surface area contributed by atoms with Gasteiger partial charge in [0.25, 0.3) is 0 Å². The summed E-state index contributed by atoms with van der Waals surface area (Å²) < 4.78 is 0. The summed E-state index contributed by atoms with van der Waals surface area (Å²) in [5.74, 6) is 0.987. The standard InChI is InChI=1S/C20H25NO/c1-14-19(2,3)17-8-10-20(14,12-17)18(22)21-11-9-15-6-4-5-7-16(15)13-21/h4-7,17H,1,8-13H2,2-3H3/t17-,20-/m0/s1. The Bertz CT molecular complexity index is 659. The molecule has 4 rings (SSSR count). The number of amides is 1. The molecular weight excluding hydrogens is 270 g/mol. The predicted octanol–water partition coefficient (Wildman–Crippen LogP) is 3.95. The second kappa shape index (κ2) is 4.47. The number of hydrogen-bond donors (Lipinski definition) is 0. The van der Waals surface area contributed by atoms with Gasteiger partial charge >= 0.3 is 0 Å². The number of hydrogen-bond acceptors (Lipinski definition) is 1. The summed E-state index contributed by atoms with van der Waals surface area (Å²) in [6.07, 6.45) is 4.20. The number of benzene rings is 1. The first-order chi connectivity index (χ1) is 10.4. The summed E-state index contributed by atoms with van der Waals surface area (Å²) >= 11 is 0.